The molecule has 0 aromatic heterocycles. The molecule has 2 fully saturated rings. The summed E-state index contributed by atoms with van der Waals surface area (Å²) in [5.41, 5.74) is -0.454. The lowest BCUT2D eigenvalue weighted by atomic mass is 9.85. The molecule has 174 valence electrons. The maximum absolute atomic E-state index is 12.2. The molecule has 7 nitrogen and oxygen atoms in total. The number of benzene rings is 1. The molecule has 1 aliphatic heterocycles. The first kappa shape index (κ1) is 23.9. The molecule has 0 unspecified atom stereocenters. The third-order valence-corrected chi connectivity index (χ3v) is 7.16. The van der Waals surface area contributed by atoms with Crippen LogP contribution in [0.3, 0.4) is 0 Å². The summed E-state index contributed by atoms with van der Waals surface area (Å²) in [6.45, 7) is 9.60. The molecule has 1 aromatic rings. The van der Waals surface area contributed by atoms with Crippen LogP contribution >= 0.6 is 0 Å². The van der Waals surface area contributed by atoms with Crippen molar-refractivity contribution in [3.05, 3.63) is 24.3 Å². The molecule has 1 aromatic carbocycles. The van der Waals surface area contributed by atoms with Crippen LogP contribution in [0.1, 0.15) is 46.5 Å². The van der Waals surface area contributed by atoms with Gasteiger partial charge in [-0.15, -0.1) is 0 Å². The summed E-state index contributed by atoms with van der Waals surface area (Å²) in [7, 11) is -3.18. The fourth-order valence-electron chi connectivity index (χ4n) is 4.27. The van der Waals surface area contributed by atoms with Crippen molar-refractivity contribution in [3.63, 3.8) is 0 Å². The standard InChI is InChI=1S/C23H36N2O5S/c1-23(2,3)30-22(26)25-15-13-24(14-16-25)19-7-5-18(6-8-19)17-29-20-9-11-21(12-10-20)31(4,27)28/h9-12,18-19H,5-8,13-17H2,1-4H3. The second-order valence-corrected chi connectivity index (χ2v) is 11.7. The van der Waals surface area contributed by atoms with E-state index < -0.39 is 15.4 Å². The van der Waals surface area contributed by atoms with E-state index in [2.05, 4.69) is 4.90 Å². The minimum absolute atomic E-state index is 0.211. The van der Waals surface area contributed by atoms with Crippen molar-refractivity contribution >= 4 is 15.9 Å². The molecule has 0 N–H and O–H groups in total. The van der Waals surface area contributed by atoms with E-state index in [0.29, 0.717) is 29.2 Å². The number of hydrogen-bond acceptors (Lipinski definition) is 6. The number of nitrogens with zero attached hydrogens (tertiary/aromatic N) is 2. The van der Waals surface area contributed by atoms with Crippen LogP contribution in [0, 0.1) is 5.92 Å². The van der Waals surface area contributed by atoms with Gasteiger partial charge in [0.05, 0.1) is 11.5 Å². The first-order valence-electron chi connectivity index (χ1n) is 11.2. The van der Waals surface area contributed by atoms with Crippen LogP contribution in [-0.4, -0.2) is 75.0 Å². The summed E-state index contributed by atoms with van der Waals surface area (Å²) in [6.07, 6.45) is 5.54. The predicted molar refractivity (Wildman–Crippen MR) is 120 cm³/mol. The van der Waals surface area contributed by atoms with Crippen LogP contribution in [0.5, 0.6) is 5.75 Å². The van der Waals surface area contributed by atoms with Gasteiger partial charge in [-0.1, -0.05) is 0 Å². The topological polar surface area (TPSA) is 76.2 Å². The van der Waals surface area contributed by atoms with E-state index in [9.17, 15) is 13.2 Å². The summed E-state index contributed by atoms with van der Waals surface area (Å²) in [5.74, 6) is 1.24. The lowest BCUT2D eigenvalue weighted by Gasteiger charge is -2.42. The van der Waals surface area contributed by atoms with Crippen LogP contribution in [0.15, 0.2) is 29.2 Å². The zero-order chi connectivity index (χ0) is 22.6. The van der Waals surface area contributed by atoms with E-state index in [1.165, 1.54) is 6.26 Å². The van der Waals surface area contributed by atoms with Crippen LogP contribution in [0.4, 0.5) is 4.79 Å². The van der Waals surface area contributed by atoms with Crippen LogP contribution < -0.4 is 4.74 Å². The Labute approximate surface area is 186 Å². The van der Waals surface area contributed by atoms with Crippen LogP contribution in [0.25, 0.3) is 0 Å². The average Bonchev–Trinajstić information content (AvgIpc) is 2.71. The zero-order valence-corrected chi connectivity index (χ0v) is 20.0. The largest absolute Gasteiger partial charge is 0.493 e. The number of piperazine rings is 1. The monoisotopic (exact) mass is 452 g/mol. The molecule has 31 heavy (non-hydrogen) atoms. The van der Waals surface area contributed by atoms with E-state index in [-0.39, 0.29) is 6.09 Å². The molecule has 0 radical (unpaired) electrons. The molecular formula is C23H36N2O5S. The van der Waals surface area contributed by atoms with E-state index in [1.807, 2.05) is 25.7 Å². The van der Waals surface area contributed by atoms with E-state index in [1.54, 1.807) is 24.3 Å². The van der Waals surface area contributed by atoms with Gasteiger partial charge in [-0.25, -0.2) is 13.2 Å². The highest BCUT2D eigenvalue weighted by Crippen LogP contribution is 2.29. The number of hydrogen-bond donors (Lipinski definition) is 0. The Morgan fingerprint density at radius 1 is 1.00 bits per heavy atom. The maximum Gasteiger partial charge on any atom is 0.410 e. The SMILES string of the molecule is CC(C)(C)OC(=O)N1CCN(C2CCC(COc3ccc(S(C)(=O)=O)cc3)CC2)CC1. The number of carbonyl (C=O) groups is 1. The summed E-state index contributed by atoms with van der Waals surface area (Å²) in [4.78, 5) is 16.9. The third kappa shape index (κ3) is 7.10. The smallest absolute Gasteiger partial charge is 0.410 e. The van der Waals surface area contributed by atoms with Crippen LogP contribution in [-0.2, 0) is 14.6 Å². The minimum atomic E-state index is -3.18. The Kier molecular flexibility index (Phi) is 7.52. The molecular weight excluding hydrogens is 416 g/mol. The Hall–Kier alpha value is -1.80. The van der Waals surface area contributed by atoms with Crippen molar-refractivity contribution in [1.29, 1.82) is 0 Å². The van der Waals surface area contributed by atoms with E-state index in [0.717, 1.165) is 51.9 Å². The number of rotatable bonds is 5. The third-order valence-electron chi connectivity index (χ3n) is 6.04. The first-order chi connectivity index (χ1) is 14.5. The molecule has 2 aliphatic rings. The highest BCUT2D eigenvalue weighted by Gasteiger charge is 2.31. The van der Waals surface area contributed by atoms with Gasteiger partial charge in [-0.2, -0.15) is 0 Å². The van der Waals surface area contributed by atoms with Gasteiger partial charge in [0.1, 0.15) is 11.4 Å². The van der Waals surface area contributed by atoms with Gasteiger partial charge < -0.3 is 14.4 Å². The van der Waals surface area contributed by atoms with Gasteiger partial charge in [-0.05, 0) is 76.6 Å². The summed E-state index contributed by atoms with van der Waals surface area (Å²) < 4.78 is 34.5. The van der Waals surface area contributed by atoms with Gasteiger partial charge in [-0.3, -0.25) is 4.90 Å². The highest BCUT2D eigenvalue weighted by molar-refractivity contribution is 7.90. The predicted octanol–water partition coefficient (Wildman–Crippen LogP) is 3.58. The molecule has 1 heterocycles. The van der Waals surface area contributed by atoms with Gasteiger partial charge >= 0.3 is 6.09 Å². The summed E-state index contributed by atoms with van der Waals surface area (Å²) in [5, 5.41) is 0. The lowest BCUT2D eigenvalue weighted by Crippen LogP contribution is -2.53. The first-order valence-corrected chi connectivity index (χ1v) is 13.1. The fourth-order valence-corrected chi connectivity index (χ4v) is 4.90. The molecule has 0 spiro atoms. The van der Waals surface area contributed by atoms with Gasteiger partial charge in [0.25, 0.3) is 0 Å². The van der Waals surface area contributed by atoms with Crippen molar-refractivity contribution in [1.82, 2.24) is 9.80 Å². The second-order valence-electron chi connectivity index (χ2n) is 9.73. The molecule has 8 heteroatoms. The fraction of sp³-hybridized carbons (Fsp3) is 0.696. The molecule has 0 bridgehead atoms. The van der Waals surface area contributed by atoms with Gasteiger partial charge in [0.2, 0.25) is 0 Å². The second kappa shape index (κ2) is 9.77. The quantitative estimate of drug-likeness (QED) is 0.680. The average molecular weight is 453 g/mol. The molecule has 1 saturated heterocycles. The van der Waals surface area contributed by atoms with Crippen molar-refractivity contribution in [2.75, 3.05) is 39.0 Å². The van der Waals surface area contributed by atoms with E-state index >= 15 is 0 Å². The van der Waals surface area contributed by atoms with Crippen molar-refractivity contribution in [2.45, 2.75) is 63.0 Å². The Morgan fingerprint density at radius 2 is 1.58 bits per heavy atom. The summed E-state index contributed by atoms with van der Waals surface area (Å²) in [6, 6.07) is 7.22. The van der Waals surface area contributed by atoms with Gasteiger partial charge in [0.15, 0.2) is 9.84 Å². The minimum Gasteiger partial charge on any atom is -0.493 e. The Balaban J connectivity index is 1.38. The maximum atomic E-state index is 12.2. The van der Waals surface area contributed by atoms with Gasteiger partial charge in [0, 0.05) is 38.5 Å². The Morgan fingerprint density at radius 3 is 2.10 bits per heavy atom. The highest BCUT2D eigenvalue weighted by atomic mass is 32.2. The zero-order valence-electron chi connectivity index (χ0n) is 19.2. The molecule has 0 atom stereocenters. The number of amides is 1. The van der Waals surface area contributed by atoms with Crippen molar-refractivity contribution in [2.24, 2.45) is 5.92 Å². The van der Waals surface area contributed by atoms with E-state index in [4.69, 9.17) is 9.47 Å². The normalized spacial score (nSPS) is 23.4. The number of sulfone groups is 1. The van der Waals surface area contributed by atoms with Crippen molar-refractivity contribution < 1.29 is 22.7 Å². The van der Waals surface area contributed by atoms with Crippen molar-refractivity contribution in [3.8, 4) is 5.75 Å². The molecule has 1 saturated carbocycles. The molecule has 1 amide bonds. The Bertz CT molecular complexity index is 832. The molecule has 3 rings (SSSR count). The summed E-state index contributed by atoms with van der Waals surface area (Å²) >= 11 is 0. The lowest BCUT2D eigenvalue weighted by molar-refractivity contribution is 0.00653. The van der Waals surface area contributed by atoms with Crippen LogP contribution in [0.2, 0.25) is 0 Å². The number of carbonyl (C=O) groups excluding carboxylic acids is 1. The number of ether oxygens (including phenoxy) is 2. The molecule has 1 aliphatic carbocycles.